The van der Waals surface area contributed by atoms with Crippen LogP contribution in [-0.2, 0) is 4.74 Å². The van der Waals surface area contributed by atoms with Gasteiger partial charge in [-0.2, -0.15) is 0 Å². The van der Waals surface area contributed by atoms with Gasteiger partial charge < -0.3 is 9.47 Å². The minimum Gasteiger partial charge on any atom is -0.491 e. The van der Waals surface area contributed by atoms with Gasteiger partial charge in [0.15, 0.2) is 0 Å². The SMILES string of the molecule is C=CCN(CC=C)CCOCCOc1ccccc1. The molecule has 0 N–H and O–H groups in total. The van der Waals surface area contributed by atoms with Crippen molar-refractivity contribution in [3.8, 4) is 5.75 Å². The quantitative estimate of drug-likeness (QED) is 0.451. The molecule has 0 fully saturated rings. The maximum atomic E-state index is 5.54. The normalized spacial score (nSPS) is 10.4. The van der Waals surface area contributed by atoms with Gasteiger partial charge in [-0.25, -0.2) is 0 Å². The fraction of sp³-hybridized carbons (Fsp3) is 0.375. The Balaban J connectivity index is 2.04. The van der Waals surface area contributed by atoms with Crippen molar-refractivity contribution in [3.63, 3.8) is 0 Å². The largest absolute Gasteiger partial charge is 0.491 e. The Morgan fingerprint density at radius 3 is 2.26 bits per heavy atom. The number of ether oxygens (including phenoxy) is 2. The van der Waals surface area contributed by atoms with Crippen LogP contribution in [0.1, 0.15) is 0 Å². The number of rotatable bonds is 11. The summed E-state index contributed by atoms with van der Waals surface area (Å²) in [5.74, 6) is 0.881. The molecule has 104 valence electrons. The molecule has 1 rings (SSSR count). The zero-order valence-corrected chi connectivity index (χ0v) is 11.5. The predicted molar refractivity (Wildman–Crippen MR) is 79.6 cm³/mol. The lowest BCUT2D eigenvalue weighted by atomic mass is 10.3. The van der Waals surface area contributed by atoms with E-state index < -0.39 is 0 Å². The van der Waals surface area contributed by atoms with E-state index in [4.69, 9.17) is 9.47 Å². The predicted octanol–water partition coefficient (Wildman–Crippen LogP) is 2.76. The van der Waals surface area contributed by atoms with Crippen LogP contribution in [0.5, 0.6) is 5.75 Å². The molecule has 19 heavy (non-hydrogen) atoms. The van der Waals surface area contributed by atoms with Crippen molar-refractivity contribution < 1.29 is 9.47 Å². The van der Waals surface area contributed by atoms with E-state index in [0.29, 0.717) is 19.8 Å². The third kappa shape index (κ3) is 7.44. The zero-order chi connectivity index (χ0) is 13.8. The topological polar surface area (TPSA) is 21.7 Å². The molecule has 1 aromatic rings. The highest BCUT2D eigenvalue weighted by molar-refractivity contribution is 5.20. The highest BCUT2D eigenvalue weighted by Crippen LogP contribution is 2.07. The molecule has 3 heteroatoms. The smallest absolute Gasteiger partial charge is 0.119 e. The van der Waals surface area contributed by atoms with Gasteiger partial charge in [-0.3, -0.25) is 4.90 Å². The lowest BCUT2D eigenvalue weighted by Gasteiger charge is -2.18. The van der Waals surface area contributed by atoms with Crippen molar-refractivity contribution in [2.45, 2.75) is 0 Å². The van der Waals surface area contributed by atoms with Gasteiger partial charge in [-0.15, -0.1) is 13.2 Å². The van der Waals surface area contributed by atoms with Gasteiger partial charge in [0.1, 0.15) is 12.4 Å². The second kappa shape index (κ2) is 10.4. The van der Waals surface area contributed by atoms with E-state index in [2.05, 4.69) is 18.1 Å². The first-order valence-corrected chi connectivity index (χ1v) is 6.56. The van der Waals surface area contributed by atoms with Gasteiger partial charge in [0, 0.05) is 19.6 Å². The molecule has 0 aliphatic rings. The van der Waals surface area contributed by atoms with Crippen LogP contribution in [0.25, 0.3) is 0 Å². The van der Waals surface area contributed by atoms with E-state index in [-0.39, 0.29) is 0 Å². The lowest BCUT2D eigenvalue weighted by Crippen LogP contribution is -2.28. The molecule has 0 aliphatic carbocycles. The molecule has 3 nitrogen and oxygen atoms in total. The second-order valence-electron chi connectivity index (χ2n) is 4.11. The highest BCUT2D eigenvalue weighted by atomic mass is 16.5. The molecule has 0 bridgehead atoms. The Morgan fingerprint density at radius 1 is 0.947 bits per heavy atom. The van der Waals surface area contributed by atoms with Crippen molar-refractivity contribution in [2.24, 2.45) is 0 Å². The van der Waals surface area contributed by atoms with E-state index in [9.17, 15) is 0 Å². The van der Waals surface area contributed by atoms with Crippen molar-refractivity contribution in [2.75, 3.05) is 39.5 Å². The highest BCUT2D eigenvalue weighted by Gasteiger charge is 2.00. The summed E-state index contributed by atoms with van der Waals surface area (Å²) in [6.45, 7) is 11.9. The number of hydrogen-bond donors (Lipinski definition) is 0. The second-order valence-corrected chi connectivity index (χ2v) is 4.11. The summed E-state index contributed by atoms with van der Waals surface area (Å²) in [5, 5.41) is 0. The van der Waals surface area contributed by atoms with Gasteiger partial charge in [-0.1, -0.05) is 30.4 Å². The first-order valence-electron chi connectivity index (χ1n) is 6.56. The minimum atomic E-state index is 0.576. The lowest BCUT2D eigenvalue weighted by molar-refractivity contribution is 0.0843. The summed E-state index contributed by atoms with van der Waals surface area (Å²) in [6.07, 6.45) is 3.78. The van der Waals surface area contributed by atoms with Crippen molar-refractivity contribution in [3.05, 3.63) is 55.6 Å². The molecule has 1 aromatic carbocycles. The Morgan fingerprint density at radius 2 is 1.63 bits per heavy atom. The van der Waals surface area contributed by atoms with Crippen LogP contribution >= 0.6 is 0 Å². The Kier molecular flexibility index (Phi) is 8.43. The third-order valence-electron chi connectivity index (χ3n) is 2.57. The maximum absolute atomic E-state index is 5.54. The van der Waals surface area contributed by atoms with Crippen molar-refractivity contribution in [1.29, 1.82) is 0 Å². The number of para-hydroxylation sites is 1. The molecule has 0 saturated carbocycles. The number of nitrogens with zero attached hydrogens (tertiary/aromatic N) is 1. The van der Waals surface area contributed by atoms with Crippen LogP contribution in [0.4, 0.5) is 0 Å². The van der Waals surface area contributed by atoms with Crippen LogP contribution in [0, 0.1) is 0 Å². The molecule has 0 spiro atoms. The molecule has 0 saturated heterocycles. The average molecular weight is 261 g/mol. The van der Waals surface area contributed by atoms with Gasteiger partial charge in [0.05, 0.1) is 13.2 Å². The first-order chi connectivity index (χ1) is 9.36. The van der Waals surface area contributed by atoms with E-state index in [1.807, 2.05) is 42.5 Å². The summed E-state index contributed by atoms with van der Waals surface area (Å²) in [4.78, 5) is 2.22. The molecule has 0 aliphatic heterocycles. The minimum absolute atomic E-state index is 0.576. The van der Waals surface area contributed by atoms with E-state index >= 15 is 0 Å². The van der Waals surface area contributed by atoms with Crippen molar-refractivity contribution >= 4 is 0 Å². The summed E-state index contributed by atoms with van der Waals surface area (Å²) in [7, 11) is 0. The summed E-state index contributed by atoms with van der Waals surface area (Å²) in [6, 6.07) is 9.76. The molecule has 0 heterocycles. The maximum Gasteiger partial charge on any atom is 0.119 e. The molecule has 0 unspecified atom stereocenters. The van der Waals surface area contributed by atoms with E-state index in [1.165, 1.54) is 0 Å². The summed E-state index contributed by atoms with van der Waals surface area (Å²) < 4.78 is 11.1. The van der Waals surface area contributed by atoms with Crippen LogP contribution in [0.15, 0.2) is 55.6 Å². The van der Waals surface area contributed by atoms with Crippen LogP contribution in [0.3, 0.4) is 0 Å². The fourth-order valence-corrected chi connectivity index (χ4v) is 1.65. The number of hydrogen-bond acceptors (Lipinski definition) is 3. The Bertz CT molecular complexity index is 341. The van der Waals surface area contributed by atoms with Crippen LogP contribution in [-0.4, -0.2) is 44.4 Å². The van der Waals surface area contributed by atoms with Gasteiger partial charge >= 0.3 is 0 Å². The van der Waals surface area contributed by atoms with Gasteiger partial charge in [0.25, 0.3) is 0 Å². The molecular formula is C16H23NO2. The molecule has 0 amide bonds. The number of benzene rings is 1. The fourth-order valence-electron chi connectivity index (χ4n) is 1.65. The Hall–Kier alpha value is -1.58. The van der Waals surface area contributed by atoms with Gasteiger partial charge in [-0.05, 0) is 12.1 Å². The first kappa shape index (κ1) is 15.5. The molecule has 0 aromatic heterocycles. The summed E-state index contributed by atoms with van der Waals surface area (Å²) >= 11 is 0. The molecular weight excluding hydrogens is 238 g/mol. The average Bonchev–Trinajstić information content (AvgIpc) is 2.44. The van der Waals surface area contributed by atoms with Crippen LogP contribution in [0.2, 0.25) is 0 Å². The molecule has 0 atom stereocenters. The zero-order valence-electron chi connectivity index (χ0n) is 11.5. The monoisotopic (exact) mass is 261 g/mol. The van der Waals surface area contributed by atoms with E-state index in [0.717, 1.165) is 25.4 Å². The van der Waals surface area contributed by atoms with Crippen molar-refractivity contribution in [1.82, 2.24) is 4.90 Å². The third-order valence-corrected chi connectivity index (χ3v) is 2.57. The molecule has 0 radical (unpaired) electrons. The summed E-state index contributed by atoms with van der Waals surface area (Å²) in [5.41, 5.74) is 0. The standard InChI is InChI=1S/C16H23NO2/c1-3-10-17(11-4-2)12-13-18-14-15-19-16-8-6-5-7-9-16/h3-9H,1-2,10-15H2. The van der Waals surface area contributed by atoms with E-state index in [1.54, 1.807) is 0 Å². The van der Waals surface area contributed by atoms with Gasteiger partial charge in [0.2, 0.25) is 0 Å². The van der Waals surface area contributed by atoms with Crippen LogP contribution < -0.4 is 4.74 Å². The Labute approximate surface area is 116 Å².